The number of hydrogen-bond donors (Lipinski definition) is 2. The number of likely N-dealkylation sites (N-methyl/N-ethyl adjacent to an activating group) is 1. The van der Waals surface area contributed by atoms with E-state index in [0.717, 1.165) is 0 Å². The molecule has 1 saturated heterocycles. The van der Waals surface area contributed by atoms with Gasteiger partial charge in [0.05, 0.1) is 12.6 Å². The molecule has 11 heavy (non-hydrogen) atoms. The van der Waals surface area contributed by atoms with Crippen LogP contribution in [0.5, 0.6) is 0 Å². The Morgan fingerprint density at radius 2 is 2.27 bits per heavy atom. The molecule has 0 aromatic rings. The Bertz CT molecular complexity index is 128. The normalized spacial score (nSPS) is 22.4. The van der Waals surface area contributed by atoms with Crippen LogP contribution in [-0.4, -0.2) is 42.3 Å². The van der Waals surface area contributed by atoms with E-state index in [2.05, 4.69) is 5.32 Å². The average Bonchev–Trinajstić information content (AvgIpc) is 2.36. The van der Waals surface area contributed by atoms with Crippen LogP contribution < -0.4 is 5.32 Å². The van der Waals surface area contributed by atoms with Crippen LogP contribution in [-0.2, 0) is 0 Å². The predicted octanol–water partition coefficient (Wildman–Crippen LogP) is 0.0285. The minimum absolute atomic E-state index is 0.0239. The highest BCUT2D eigenvalue weighted by Crippen LogP contribution is 1.98. The van der Waals surface area contributed by atoms with Crippen molar-refractivity contribution in [3.05, 3.63) is 0 Å². The van der Waals surface area contributed by atoms with E-state index >= 15 is 0 Å². The van der Waals surface area contributed by atoms with E-state index in [4.69, 9.17) is 5.11 Å². The van der Waals surface area contributed by atoms with E-state index in [0.29, 0.717) is 6.54 Å². The fourth-order valence-electron chi connectivity index (χ4n) is 0.847. The standard InChI is InChI=1S/C5H10N2O2.C2H6/c1-7-2-4(3-8)6-5(7)9;1-2/h4,8H,2-3H2,1H3,(H,6,9);1-2H3. The maximum Gasteiger partial charge on any atom is 0.317 e. The summed E-state index contributed by atoms with van der Waals surface area (Å²) in [6.45, 7) is 4.63. The van der Waals surface area contributed by atoms with Gasteiger partial charge < -0.3 is 15.3 Å². The van der Waals surface area contributed by atoms with Crippen molar-refractivity contribution in [1.29, 1.82) is 0 Å². The molecule has 1 fully saturated rings. The Kier molecular flexibility index (Phi) is 4.61. The van der Waals surface area contributed by atoms with Gasteiger partial charge in [-0.25, -0.2) is 4.79 Å². The van der Waals surface area contributed by atoms with E-state index in [1.165, 1.54) is 0 Å². The summed E-state index contributed by atoms with van der Waals surface area (Å²) in [7, 11) is 1.70. The lowest BCUT2D eigenvalue weighted by Crippen LogP contribution is -2.29. The van der Waals surface area contributed by atoms with Gasteiger partial charge in [0, 0.05) is 13.6 Å². The van der Waals surface area contributed by atoms with Gasteiger partial charge in [-0.2, -0.15) is 0 Å². The van der Waals surface area contributed by atoms with Crippen molar-refractivity contribution < 1.29 is 9.90 Å². The van der Waals surface area contributed by atoms with Crippen LogP contribution in [0.2, 0.25) is 0 Å². The van der Waals surface area contributed by atoms with Crippen LogP contribution in [0.25, 0.3) is 0 Å². The zero-order valence-electron chi connectivity index (χ0n) is 7.29. The molecule has 2 amide bonds. The Morgan fingerprint density at radius 3 is 2.45 bits per heavy atom. The van der Waals surface area contributed by atoms with Crippen molar-refractivity contribution in [2.45, 2.75) is 19.9 Å². The average molecular weight is 160 g/mol. The molecule has 4 heteroatoms. The van der Waals surface area contributed by atoms with Gasteiger partial charge in [-0.05, 0) is 0 Å². The second-order valence-electron chi connectivity index (χ2n) is 2.21. The first-order valence-electron chi connectivity index (χ1n) is 3.86. The zero-order valence-corrected chi connectivity index (χ0v) is 7.29. The second kappa shape index (κ2) is 4.96. The molecular formula is C7H16N2O2. The Morgan fingerprint density at radius 1 is 1.73 bits per heavy atom. The van der Waals surface area contributed by atoms with Gasteiger partial charge in [0.25, 0.3) is 0 Å². The molecule has 1 aliphatic rings. The van der Waals surface area contributed by atoms with Crippen molar-refractivity contribution in [1.82, 2.24) is 10.2 Å². The number of urea groups is 1. The number of amides is 2. The van der Waals surface area contributed by atoms with Crippen LogP contribution in [0.15, 0.2) is 0 Å². The van der Waals surface area contributed by atoms with Crippen LogP contribution in [0.4, 0.5) is 4.79 Å². The lowest BCUT2D eigenvalue weighted by Gasteiger charge is -2.03. The van der Waals surface area contributed by atoms with Gasteiger partial charge in [-0.15, -0.1) is 0 Å². The van der Waals surface area contributed by atoms with E-state index in [1.807, 2.05) is 13.8 Å². The van der Waals surface area contributed by atoms with E-state index < -0.39 is 0 Å². The molecule has 0 saturated carbocycles. The maximum atomic E-state index is 10.6. The highest BCUT2D eigenvalue weighted by molar-refractivity contribution is 5.76. The van der Waals surface area contributed by atoms with E-state index in [1.54, 1.807) is 11.9 Å². The topological polar surface area (TPSA) is 52.6 Å². The third-order valence-electron chi connectivity index (χ3n) is 1.39. The van der Waals surface area contributed by atoms with Crippen molar-refractivity contribution in [2.75, 3.05) is 20.2 Å². The first-order valence-corrected chi connectivity index (χ1v) is 3.86. The fourth-order valence-corrected chi connectivity index (χ4v) is 0.847. The second-order valence-corrected chi connectivity index (χ2v) is 2.21. The first kappa shape index (κ1) is 10.2. The lowest BCUT2D eigenvalue weighted by atomic mass is 10.3. The molecule has 0 spiro atoms. The molecule has 1 aliphatic heterocycles. The molecule has 66 valence electrons. The number of nitrogens with zero attached hydrogens (tertiary/aromatic N) is 1. The minimum atomic E-state index is -0.103. The van der Waals surface area contributed by atoms with Crippen LogP contribution in [0, 0.1) is 0 Å². The molecular weight excluding hydrogens is 144 g/mol. The Balaban J connectivity index is 0.000000461. The Hall–Kier alpha value is -0.770. The van der Waals surface area contributed by atoms with Gasteiger partial charge in [0.1, 0.15) is 0 Å². The van der Waals surface area contributed by atoms with E-state index in [-0.39, 0.29) is 18.7 Å². The third kappa shape index (κ3) is 2.76. The van der Waals surface area contributed by atoms with Crippen molar-refractivity contribution in [3.63, 3.8) is 0 Å². The van der Waals surface area contributed by atoms with Crippen molar-refractivity contribution in [3.8, 4) is 0 Å². The largest absolute Gasteiger partial charge is 0.394 e. The molecule has 0 bridgehead atoms. The molecule has 1 rings (SSSR count). The van der Waals surface area contributed by atoms with Crippen LogP contribution >= 0.6 is 0 Å². The highest BCUT2D eigenvalue weighted by atomic mass is 16.3. The smallest absolute Gasteiger partial charge is 0.317 e. The fraction of sp³-hybridized carbons (Fsp3) is 0.857. The van der Waals surface area contributed by atoms with Crippen LogP contribution in [0.3, 0.4) is 0 Å². The summed E-state index contributed by atoms with van der Waals surface area (Å²) >= 11 is 0. The molecule has 1 atom stereocenters. The summed E-state index contributed by atoms with van der Waals surface area (Å²) in [5.41, 5.74) is 0. The summed E-state index contributed by atoms with van der Waals surface area (Å²) < 4.78 is 0. The van der Waals surface area contributed by atoms with Crippen molar-refractivity contribution >= 4 is 6.03 Å². The molecule has 1 unspecified atom stereocenters. The molecule has 0 aliphatic carbocycles. The monoisotopic (exact) mass is 160 g/mol. The van der Waals surface area contributed by atoms with Crippen LogP contribution in [0.1, 0.15) is 13.8 Å². The minimum Gasteiger partial charge on any atom is -0.394 e. The van der Waals surface area contributed by atoms with Crippen molar-refractivity contribution in [2.24, 2.45) is 0 Å². The quantitative estimate of drug-likeness (QED) is 0.568. The first-order chi connectivity index (χ1) is 5.24. The predicted molar refractivity (Wildman–Crippen MR) is 43.4 cm³/mol. The summed E-state index contributed by atoms with van der Waals surface area (Å²) in [4.78, 5) is 12.2. The lowest BCUT2D eigenvalue weighted by molar-refractivity contribution is 0.225. The molecule has 4 nitrogen and oxygen atoms in total. The number of aliphatic hydroxyl groups is 1. The Labute approximate surface area is 67.2 Å². The summed E-state index contributed by atoms with van der Waals surface area (Å²) in [5.74, 6) is 0. The zero-order chi connectivity index (χ0) is 8.85. The number of nitrogens with one attached hydrogen (secondary N) is 1. The van der Waals surface area contributed by atoms with Gasteiger partial charge >= 0.3 is 6.03 Å². The van der Waals surface area contributed by atoms with E-state index in [9.17, 15) is 4.79 Å². The summed E-state index contributed by atoms with van der Waals surface area (Å²) in [6.07, 6.45) is 0. The molecule has 0 aromatic carbocycles. The number of hydrogen-bond acceptors (Lipinski definition) is 2. The number of carbonyl (C=O) groups excluding carboxylic acids is 1. The molecule has 0 radical (unpaired) electrons. The number of carbonyl (C=O) groups is 1. The highest BCUT2D eigenvalue weighted by Gasteiger charge is 2.23. The maximum absolute atomic E-state index is 10.6. The number of rotatable bonds is 1. The SMILES string of the molecule is CC.CN1CC(CO)NC1=O. The third-order valence-corrected chi connectivity index (χ3v) is 1.39. The van der Waals surface area contributed by atoms with Gasteiger partial charge in [-0.3, -0.25) is 0 Å². The molecule has 1 heterocycles. The molecule has 2 N–H and O–H groups in total. The van der Waals surface area contributed by atoms with Gasteiger partial charge in [-0.1, -0.05) is 13.8 Å². The summed E-state index contributed by atoms with van der Waals surface area (Å²) in [6, 6.07) is -0.170. The molecule has 0 aromatic heterocycles. The van der Waals surface area contributed by atoms with Gasteiger partial charge in [0.2, 0.25) is 0 Å². The van der Waals surface area contributed by atoms with Gasteiger partial charge in [0.15, 0.2) is 0 Å². The summed E-state index contributed by atoms with van der Waals surface area (Å²) in [5, 5.41) is 11.2. The number of aliphatic hydroxyl groups excluding tert-OH is 1.